The standard InChI is InChI=1S/C17H21N3O3/c1-3-22-17(21)16-10(2)14-13(23-16)5-4-12-9-20(19-15(12)14)8-11-6-18-7-11/h9,11,18H,3-8H2,1-2H3/p+1. The van der Waals surface area contributed by atoms with Gasteiger partial charge in [0, 0.05) is 49.3 Å². The van der Waals surface area contributed by atoms with Crippen molar-refractivity contribution < 1.29 is 15.4 Å². The predicted molar refractivity (Wildman–Crippen MR) is 85.5 cm³/mol. The molecule has 4 rings (SSSR count). The summed E-state index contributed by atoms with van der Waals surface area (Å²) < 4.78 is 12.9. The molecule has 0 saturated carbocycles. The Labute approximate surface area is 136 Å². The molecule has 0 bridgehead atoms. The van der Waals surface area contributed by atoms with Gasteiger partial charge in [-0.15, -0.1) is 0 Å². The second-order valence-electron chi connectivity index (χ2n) is 6.32. The molecule has 1 saturated heterocycles. The third-order valence-corrected chi connectivity index (χ3v) is 4.69. The minimum atomic E-state index is -0.388. The van der Waals surface area contributed by atoms with E-state index < -0.39 is 0 Å². The van der Waals surface area contributed by atoms with Crippen molar-refractivity contribution in [2.45, 2.75) is 33.2 Å². The molecule has 0 atom stereocenters. The van der Waals surface area contributed by atoms with Crippen LogP contribution in [-0.4, -0.2) is 35.4 Å². The highest BCUT2D eigenvalue weighted by Crippen LogP contribution is 2.38. The summed E-state index contributed by atoms with van der Waals surface area (Å²) in [6.45, 7) is 7.13. The van der Waals surface area contributed by atoms with E-state index in [4.69, 9.17) is 14.3 Å². The molecule has 2 aromatic rings. The Morgan fingerprint density at radius 2 is 2.35 bits per heavy atom. The summed E-state index contributed by atoms with van der Waals surface area (Å²) in [6, 6.07) is 0. The Hall–Kier alpha value is -2.08. The van der Waals surface area contributed by atoms with Crippen molar-refractivity contribution in [3.63, 3.8) is 0 Å². The van der Waals surface area contributed by atoms with Crippen molar-refractivity contribution in [1.29, 1.82) is 0 Å². The number of nitrogens with one attached hydrogen (secondary N) is 1. The first-order valence-electron chi connectivity index (χ1n) is 8.24. The molecule has 0 spiro atoms. The van der Waals surface area contributed by atoms with E-state index in [-0.39, 0.29) is 7.40 Å². The van der Waals surface area contributed by atoms with Crippen LogP contribution in [-0.2, 0) is 24.1 Å². The lowest BCUT2D eigenvalue weighted by atomic mass is 9.94. The SMILES string of the molecule is CCOC(=O)c1oc2c(c1C)-c1nn(CC3CNC3)cc1CC2.[H+]. The van der Waals surface area contributed by atoms with E-state index in [1.165, 1.54) is 5.56 Å². The third-order valence-electron chi connectivity index (χ3n) is 4.69. The number of carbonyl (C=O) groups is 1. The summed E-state index contributed by atoms with van der Waals surface area (Å²) in [4.78, 5) is 12.0. The van der Waals surface area contributed by atoms with Gasteiger partial charge in [0.15, 0.2) is 0 Å². The van der Waals surface area contributed by atoms with E-state index in [1.807, 2.05) is 11.6 Å². The Bertz CT molecular complexity index is 761. The zero-order valence-corrected chi connectivity index (χ0v) is 13.5. The van der Waals surface area contributed by atoms with Crippen LogP contribution in [0.4, 0.5) is 0 Å². The van der Waals surface area contributed by atoms with Crippen LogP contribution in [0.5, 0.6) is 0 Å². The van der Waals surface area contributed by atoms with E-state index in [0.717, 1.165) is 55.1 Å². The van der Waals surface area contributed by atoms with Gasteiger partial charge in [0.25, 0.3) is 0 Å². The second kappa shape index (κ2) is 5.53. The van der Waals surface area contributed by atoms with Crippen LogP contribution < -0.4 is 5.32 Å². The largest absolute Gasteiger partial charge is 1.00 e. The lowest BCUT2D eigenvalue weighted by Gasteiger charge is -2.26. The van der Waals surface area contributed by atoms with Crippen LogP contribution in [0, 0.1) is 12.8 Å². The zero-order chi connectivity index (χ0) is 16.0. The topological polar surface area (TPSA) is 69.3 Å². The predicted octanol–water partition coefficient (Wildman–Crippen LogP) is 2.06. The Balaban J connectivity index is 0.00000169. The van der Waals surface area contributed by atoms with Crippen molar-refractivity contribution in [3.05, 3.63) is 28.8 Å². The minimum Gasteiger partial charge on any atom is -0.460 e. The van der Waals surface area contributed by atoms with Crippen LogP contribution in [0.1, 0.15) is 35.8 Å². The van der Waals surface area contributed by atoms with Crippen LogP contribution >= 0.6 is 0 Å². The normalized spacial score (nSPS) is 16.6. The van der Waals surface area contributed by atoms with Gasteiger partial charge in [0.05, 0.1) is 12.3 Å². The van der Waals surface area contributed by atoms with Crippen LogP contribution in [0.2, 0.25) is 0 Å². The Morgan fingerprint density at radius 1 is 1.52 bits per heavy atom. The van der Waals surface area contributed by atoms with Crippen molar-refractivity contribution >= 4 is 5.97 Å². The molecule has 1 fully saturated rings. The van der Waals surface area contributed by atoms with Gasteiger partial charge < -0.3 is 14.5 Å². The smallest absolute Gasteiger partial charge is 0.460 e. The molecule has 122 valence electrons. The first-order chi connectivity index (χ1) is 11.2. The Kier molecular flexibility index (Phi) is 3.49. The number of nitrogens with zero attached hydrogens (tertiary/aromatic N) is 2. The first-order valence-corrected chi connectivity index (χ1v) is 8.24. The average Bonchev–Trinajstić information content (AvgIpc) is 3.04. The highest BCUT2D eigenvalue weighted by Gasteiger charge is 2.30. The lowest BCUT2D eigenvalue weighted by molar-refractivity contribution is 0.0487. The monoisotopic (exact) mass is 316 g/mol. The van der Waals surface area contributed by atoms with E-state index in [9.17, 15) is 4.79 Å². The molecule has 3 heterocycles. The number of fused-ring (bicyclic) bond motifs is 3. The van der Waals surface area contributed by atoms with Crippen molar-refractivity contribution in [1.82, 2.24) is 15.1 Å². The van der Waals surface area contributed by atoms with Crippen LogP contribution in [0.15, 0.2) is 10.6 Å². The number of ether oxygens (including phenoxy) is 1. The fourth-order valence-corrected chi connectivity index (χ4v) is 3.39. The number of hydrogen-bond acceptors (Lipinski definition) is 5. The molecule has 23 heavy (non-hydrogen) atoms. The highest BCUT2D eigenvalue weighted by molar-refractivity contribution is 5.91. The summed E-state index contributed by atoms with van der Waals surface area (Å²) in [5.74, 6) is 1.45. The molecule has 0 unspecified atom stereocenters. The first kappa shape index (κ1) is 14.5. The van der Waals surface area contributed by atoms with E-state index in [0.29, 0.717) is 18.3 Å². The number of hydrogen-bond donors (Lipinski definition) is 1. The molecule has 1 aliphatic carbocycles. The number of rotatable bonds is 4. The summed E-state index contributed by atoms with van der Waals surface area (Å²) in [5.41, 5.74) is 4.04. The van der Waals surface area contributed by atoms with Gasteiger partial charge in [-0.25, -0.2) is 4.79 Å². The molecule has 2 aliphatic rings. The summed E-state index contributed by atoms with van der Waals surface area (Å²) >= 11 is 0. The highest BCUT2D eigenvalue weighted by atomic mass is 16.5. The molecule has 6 nitrogen and oxygen atoms in total. The van der Waals surface area contributed by atoms with Gasteiger partial charge in [-0.1, -0.05) is 0 Å². The van der Waals surface area contributed by atoms with Gasteiger partial charge in [-0.3, -0.25) is 4.68 Å². The number of carbonyl (C=O) groups excluding carboxylic acids is 1. The van der Waals surface area contributed by atoms with E-state index >= 15 is 0 Å². The molecule has 0 amide bonds. The van der Waals surface area contributed by atoms with Gasteiger partial charge in [0.1, 0.15) is 5.76 Å². The average molecular weight is 316 g/mol. The third kappa shape index (κ3) is 2.37. The molecule has 0 aromatic carbocycles. The van der Waals surface area contributed by atoms with E-state index in [2.05, 4.69) is 11.5 Å². The van der Waals surface area contributed by atoms with Crippen LogP contribution in [0.25, 0.3) is 11.3 Å². The number of esters is 1. The molecule has 6 heteroatoms. The minimum absolute atomic E-state index is 0. The molecule has 1 aliphatic heterocycles. The molecular weight excluding hydrogens is 294 g/mol. The summed E-state index contributed by atoms with van der Waals surface area (Å²) in [7, 11) is 0. The van der Waals surface area contributed by atoms with E-state index in [1.54, 1.807) is 6.92 Å². The Morgan fingerprint density at radius 3 is 3.04 bits per heavy atom. The summed E-state index contributed by atoms with van der Waals surface area (Å²) in [5, 5.41) is 8.06. The quantitative estimate of drug-likeness (QED) is 0.874. The number of aromatic nitrogens is 2. The fourth-order valence-electron chi connectivity index (χ4n) is 3.39. The van der Waals surface area contributed by atoms with Gasteiger partial charge in [-0.2, -0.15) is 5.10 Å². The van der Waals surface area contributed by atoms with Gasteiger partial charge in [-0.05, 0) is 25.8 Å². The van der Waals surface area contributed by atoms with Crippen molar-refractivity contribution in [3.8, 4) is 11.3 Å². The lowest BCUT2D eigenvalue weighted by Crippen LogP contribution is -2.44. The fraction of sp³-hybridized carbons (Fsp3) is 0.529. The maximum atomic E-state index is 12.0. The number of aryl methyl sites for hydroxylation is 2. The molecular formula is C17H22N3O3+. The zero-order valence-electron chi connectivity index (χ0n) is 14.5. The molecule has 0 radical (unpaired) electrons. The molecule has 2 aromatic heterocycles. The van der Waals surface area contributed by atoms with Gasteiger partial charge in [0.2, 0.25) is 5.76 Å². The number of furan rings is 1. The van der Waals surface area contributed by atoms with Crippen LogP contribution in [0.3, 0.4) is 0 Å². The maximum Gasteiger partial charge on any atom is 1.00 e. The van der Waals surface area contributed by atoms with Crippen molar-refractivity contribution in [2.24, 2.45) is 5.92 Å². The van der Waals surface area contributed by atoms with Gasteiger partial charge >= 0.3 is 7.40 Å². The summed E-state index contributed by atoms with van der Waals surface area (Å²) in [6.07, 6.45) is 3.85. The van der Waals surface area contributed by atoms with Crippen molar-refractivity contribution in [2.75, 3.05) is 19.7 Å². The maximum absolute atomic E-state index is 12.0. The molecule has 1 N–H and O–H groups in total. The second-order valence-corrected chi connectivity index (χ2v) is 6.32.